The topological polar surface area (TPSA) is 112 Å². The SMILES string of the molecule is CCc1nc(Nc2ncc(C(=O)Nc3c(C)cc(C)cc3C)o2)nc(N2CCN(C)CC2)n1. The number of aryl methyl sites for hydroxylation is 4. The Bertz CT molecular complexity index is 1130. The molecule has 1 amide bonds. The van der Waals surface area contributed by atoms with Gasteiger partial charge in [0, 0.05) is 38.3 Å². The number of oxazole rings is 1. The number of aromatic nitrogens is 4. The summed E-state index contributed by atoms with van der Waals surface area (Å²) < 4.78 is 5.64. The van der Waals surface area contributed by atoms with Crippen molar-refractivity contribution in [1.82, 2.24) is 24.8 Å². The lowest BCUT2D eigenvalue weighted by molar-refractivity contribution is 0.0997. The molecular weight excluding hydrogens is 420 g/mol. The number of rotatable bonds is 6. The Morgan fingerprint density at radius 3 is 2.42 bits per heavy atom. The van der Waals surface area contributed by atoms with Gasteiger partial charge in [-0.2, -0.15) is 15.0 Å². The first-order valence-electron chi connectivity index (χ1n) is 11.1. The molecule has 4 rings (SSSR count). The monoisotopic (exact) mass is 450 g/mol. The Morgan fingerprint density at radius 1 is 1.06 bits per heavy atom. The third-order valence-corrected chi connectivity index (χ3v) is 5.64. The molecule has 0 atom stereocenters. The van der Waals surface area contributed by atoms with Crippen LogP contribution in [0.1, 0.15) is 40.0 Å². The van der Waals surface area contributed by atoms with Crippen molar-refractivity contribution < 1.29 is 9.21 Å². The van der Waals surface area contributed by atoms with Gasteiger partial charge in [-0.1, -0.05) is 24.6 Å². The minimum Gasteiger partial charge on any atom is -0.418 e. The highest BCUT2D eigenvalue weighted by Gasteiger charge is 2.20. The zero-order chi connectivity index (χ0) is 23.5. The van der Waals surface area contributed by atoms with Crippen molar-refractivity contribution in [2.24, 2.45) is 0 Å². The third kappa shape index (κ3) is 5.28. The first-order chi connectivity index (χ1) is 15.8. The summed E-state index contributed by atoms with van der Waals surface area (Å²) in [7, 11) is 2.10. The Morgan fingerprint density at radius 2 is 1.76 bits per heavy atom. The average molecular weight is 451 g/mol. The smallest absolute Gasteiger partial charge is 0.302 e. The average Bonchev–Trinajstić information content (AvgIpc) is 3.25. The molecule has 2 aromatic heterocycles. The van der Waals surface area contributed by atoms with E-state index in [1.54, 1.807) is 0 Å². The van der Waals surface area contributed by atoms with E-state index in [1.807, 2.05) is 39.8 Å². The van der Waals surface area contributed by atoms with Gasteiger partial charge in [0.1, 0.15) is 5.82 Å². The van der Waals surface area contributed by atoms with Crippen molar-refractivity contribution in [3.8, 4) is 0 Å². The van der Waals surface area contributed by atoms with Gasteiger partial charge in [0.25, 0.3) is 5.91 Å². The Hall–Kier alpha value is -3.53. The molecule has 1 saturated heterocycles. The molecule has 174 valence electrons. The Kier molecular flexibility index (Phi) is 6.55. The van der Waals surface area contributed by atoms with E-state index in [0.717, 1.165) is 48.6 Å². The van der Waals surface area contributed by atoms with Crippen molar-refractivity contribution in [2.75, 3.05) is 48.8 Å². The highest BCUT2D eigenvalue weighted by molar-refractivity contribution is 6.03. The third-order valence-electron chi connectivity index (χ3n) is 5.64. The van der Waals surface area contributed by atoms with Crippen LogP contribution in [-0.2, 0) is 6.42 Å². The summed E-state index contributed by atoms with van der Waals surface area (Å²) in [6.07, 6.45) is 2.06. The van der Waals surface area contributed by atoms with Gasteiger partial charge in [-0.15, -0.1) is 0 Å². The van der Waals surface area contributed by atoms with Crippen LogP contribution in [0.15, 0.2) is 22.7 Å². The molecule has 0 saturated carbocycles. The molecule has 0 aliphatic carbocycles. The number of nitrogens with one attached hydrogen (secondary N) is 2. The second-order valence-electron chi connectivity index (χ2n) is 8.40. The minimum atomic E-state index is -0.367. The number of benzene rings is 1. The van der Waals surface area contributed by atoms with E-state index >= 15 is 0 Å². The van der Waals surface area contributed by atoms with Crippen molar-refractivity contribution >= 4 is 29.5 Å². The van der Waals surface area contributed by atoms with E-state index < -0.39 is 0 Å². The number of piperazine rings is 1. The molecule has 10 heteroatoms. The Balaban J connectivity index is 1.49. The largest absolute Gasteiger partial charge is 0.418 e. The summed E-state index contributed by atoms with van der Waals surface area (Å²) in [5.74, 6) is 1.38. The van der Waals surface area contributed by atoms with E-state index in [4.69, 9.17) is 4.42 Å². The Labute approximate surface area is 193 Å². The molecule has 0 spiro atoms. The fourth-order valence-electron chi connectivity index (χ4n) is 3.85. The van der Waals surface area contributed by atoms with Crippen LogP contribution in [0.25, 0.3) is 0 Å². The first-order valence-corrected chi connectivity index (χ1v) is 11.1. The van der Waals surface area contributed by atoms with Crippen LogP contribution in [0.3, 0.4) is 0 Å². The molecule has 3 heterocycles. The lowest BCUT2D eigenvalue weighted by atomic mass is 10.1. The molecule has 10 nitrogen and oxygen atoms in total. The summed E-state index contributed by atoms with van der Waals surface area (Å²) in [5, 5.41) is 5.90. The van der Waals surface area contributed by atoms with Crippen LogP contribution < -0.4 is 15.5 Å². The van der Waals surface area contributed by atoms with Gasteiger partial charge in [0.15, 0.2) is 0 Å². The summed E-state index contributed by atoms with van der Waals surface area (Å²) in [6, 6.07) is 4.20. The second-order valence-corrected chi connectivity index (χ2v) is 8.40. The highest BCUT2D eigenvalue weighted by atomic mass is 16.4. The molecule has 2 N–H and O–H groups in total. The predicted octanol–water partition coefficient (Wildman–Crippen LogP) is 3.09. The van der Waals surface area contributed by atoms with E-state index in [-0.39, 0.29) is 17.7 Å². The van der Waals surface area contributed by atoms with Crippen molar-refractivity contribution in [3.63, 3.8) is 0 Å². The number of hydrogen-bond donors (Lipinski definition) is 2. The number of likely N-dealkylation sites (N-methyl/N-ethyl adjacent to an activating group) is 1. The lowest BCUT2D eigenvalue weighted by Crippen LogP contribution is -2.45. The van der Waals surface area contributed by atoms with E-state index in [0.29, 0.717) is 24.1 Å². The quantitative estimate of drug-likeness (QED) is 0.585. The van der Waals surface area contributed by atoms with Gasteiger partial charge in [-0.3, -0.25) is 10.1 Å². The molecule has 0 unspecified atom stereocenters. The molecule has 33 heavy (non-hydrogen) atoms. The van der Waals surface area contributed by atoms with Crippen LogP contribution in [-0.4, -0.2) is 64.0 Å². The van der Waals surface area contributed by atoms with E-state index in [9.17, 15) is 4.79 Å². The van der Waals surface area contributed by atoms with Crippen LogP contribution in [0.2, 0.25) is 0 Å². The second kappa shape index (κ2) is 9.53. The zero-order valence-corrected chi connectivity index (χ0v) is 19.8. The normalized spacial score (nSPS) is 14.4. The molecule has 1 aliphatic heterocycles. The van der Waals surface area contributed by atoms with Gasteiger partial charge < -0.3 is 19.5 Å². The van der Waals surface area contributed by atoms with E-state index in [2.05, 4.69) is 47.4 Å². The molecular formula is C23H30N8O2. The van der Waals surface area contributed by atoms with Crippen molar-refractivity contribution in [3.05, 3.63) is 46.6 Å². The molecule has 0 radical (unpaired) electrons. The van der Waals surface area contributed by atoms with Crippen LogP contribution in [0.5, 0.6) is 0 Å². The number of hydrogen-bond acceptors (Lipinski definition) is 9. The van der Waals surface area contributed by atoms with Crippen molar-refractivity contribution in [2.45, 2.75) is 34.1 Å². The van der Waals surface area contributed by atoms with Crippen LogP contribution in [0, 0.1) is 20.8 Å². The fourth-order valence-corrected chi connectivity index (χ4v) is 3.85. The number of amides is 1. The maximum atomic E-state index is 12.7. The maximum Gasteiger partial charge on any atom is 0.302 e. The van der Waals surface area contributed by atoms with Gasteiger partial charge in [-0.05, 0) is 38.9 Å². The van der Waals surface area contributed by atoms with Gasteiger partial charge in [-0.25, -0.2) is 4.98 Å². The van der Waals surface area contributed by atoms with Crippen LogP contribution >= 0.6 is 0 Å². The predicted molar refractivity (Wildman–Crippen MR) is 127 cm³/mol. The first kappa shape index (κ1) is 22.7. The van der Waals surface area contributed by atoms with Crippen LogP contribution in [0.4, 0.5) is 23.6 Å². The number of carbonyl (C=O) groups is 1. The fraction of sp³-hybridized carbons (Fsp3) is 0.435. The summed E-state index contributed by atoms with van der Waals surface area (Å²) >= 11 is 0. The zero-order valence-electron chi connectivity index (χ0n) is 19.8. The standard InChI is InChI=1S/C23H30N8O2/c1-6-18-25-21(28-22(26-18)31-9-7-30(5)8-10-31)29-23-24-13-17(33-23)20(32)27-19-15(3)11-14(2)12-16(19)4/h11-13H,6-10H2,1-5H3,(H,27,32)(H,24,25,26,28,29). The lowest BCUT2D eigenvalue weighted by Gasteiger charge is -2.32. The molecule has 0 bridgehead atoms. The number of anilines is 4. The van der Waals surface area contributed by atoms with Gasteiger partial charge in [0.05, 0.1) is 6.20 Å². The molecule has 1 aromatic carbocycles. The summed E-state index contributed by atoms with van der Waals surface area (Å²) in [4.78, 5) is 34.9. The minimum absolute atomic E-state index is 0.0981. The molecule has 1 fully saturated rings. The van der Waals surface area contributed by atoms with Crippen molar-refractivity contribution in [1.29, 1.82) is 0 Å². The van der Waals surface area contributed by atoms with Gasteiger partial charge >= 0.3 is 6.01 Å². The summed E-state index contributed by atoms with van der Waals surface area (Å²) in [6.45, 7) is 11.6. The maximum absolute atomic E-state index is 12.7. The summed E-state index contributed by atoms with van der Waals surface area (Å²) in [5.41, 5.74) is 3.91. The number of nitrogens with zero attached hydrogens (tertiary/aromatic N) is 6. The van der Waals surface area contributed by atoms with Gasteiger partial charge in [0.2, 0.25) is 17.7 Å². The highest BCUT2D eigenvalue weighted by Crippen LogP contribution is 2.23. The van der Waals surface area contributed by atoms with E-state index in [1.165, 1.54) is 6.20 Å². The molecule has 3 aromatic rings. The number of carbonyl (C=O) groups excluding carboxylic acids is 1. The molecule has 1 aliphatic rings.